The molecule has 3 heteroatoms. The van der Waals surface area contributed by atoms with Crippen molar-refractivity contribution in [2.45, 2.75) is 19.3 Å². The summed E-state index contributed by atoms with van der Waals surface area (Å²) in [4.78, 5) is 0. The minimum Gasteiger partial charge on any atom is -0.205 e. The minimum absolute atomic E-state index is 0.408. The fourth-order valence-corrected chi connectivity index (χ4v) is 3.79. The molecular weight excluding hydrogens is 388 g/mol. The molecule has 1 unspecified atom stereocenters. The Hall–Kier alpha value is -3.77. The van der Waals surface area contributed by atoms with E-state index in [1.807, 2.05) is 30.3 Å². The van der Waals surface area contributed by atoms with Crippen LogP contribution in [0.5, 0.6) is 0 Å². The molecule has 0 spiro atoms. The van der Waals surface area contributed by atoms with E-state index in [4.69, 9.17) is 5.26 Å². The smallest absolute Gasteiger partial charge is 0.144 e. The molecule has 4 rings (SSSR count). The van der Waals surface area contributed by atoms with Crippen molar-refractivity contribution in [1.29, 1.82) is 5.26 Å². The van der Waals surface area contributed by atoms with Crippen LogP contribution in [-0.2, 0) is 6.42 Å². The van der Waals surface area contributed by atoms with E-state index in [-0.39, 0.29) is 0 Å². The summed E-state index contributed by atoms with van der Waals surface area (Å²) in [5, 5.41) is 8.82. The van der Waals surface area contributed by atoms with E-state index in [2.05, 4.69) is 55.5 Å². The number of nitrogens with zero attached hydrogens (tertiary/aromatic N) is 1. The molecule has 0 bridgehead atoms. The molecule has 0 N–H and O–H groups in total. The van der Waals surface area contributed by atoms with E-state index >= 15 is 0 Å². The lowest BCUT2D eigenvalue weighted by molar-refractivity contribution is 0.577. The summed E-state index contributed by atoms with van der Waals surface area (Å²) in [6.07, 6.45) is 0.971. The van der Waals surface area contributed by atoms with E-state index in [1.165, 1.54) is 23.3 Å². The molecule has 0 aliphatic heterocycles. The maximum atomic E-state index is 13.9. The molecule has 4 aromatic rings. The Balaban J connectivity index is 1.50. The van der Waals surface area contributed by atoms with Gasteiger partial charge in [-0.15, -0.1) is 0 Å². The summed E-state index contributed by atoms with van der Waals surface area (Å²) >= 11 is 0. The highest BCUT2D eigenvalue weighted by Crippen LogP contribution is 2.28. The predicted molar refractivity (Wildman–Crippen MR) is 121 cm³/mol. The van der Waals surface area contributed by atoms with Gasteiger partial charge in [0, 0.05) is 0 Å². The second kappa shape index (κ2) is 8.93. The maximum Gasteiger partial charge on any atom is 0.144 e. The summed E-state index contributed by atoms with van der Waals surface area (Å²) in [5.74, 6) is -1.25. The monoisotopic (exact) mass is 409 g/mol. The highest BCUT2D eigenvalue weighted by atomic mass is 19.1. The average molecular weight is 409 g/mol. The number of hydrogen-bond acceptors (Lipinski definition) is 1. The number of halogens is 2. The molecule has 0 radical (unpaired) electrons. The molecule has 0 amide bonds. The summed E-state index contributed by atoms with van der Waals surface area (Å²) < 4.78 is 27.8. The standard InChI is InChI=1S/C28H21F2N/c1-19(21-5-3-2-4-6-21)15-20-7-9-22(10-8-20)23-11-13-24(14-12-23)25-16-27(29)26(18-31)28(30)17-25/h2-14,16-17,19H,15H2,1H3. The summed E-state index contributed by atoms with van der Waals surface area (Å²) in [5.41, 5.74) is 5.27. The maximum absolute atomic E-state index is 13.9. The van der Waals surface area contributed by atoms with Gasteiger partial charge in [-0.2, -0.15) is 5.26 Å². The Morgan fingerprint density at radius 2 is 1.19 bits per heavy atom. The highest BCUT2D eigenvalue weighted by Gasteiger charge is 2.12. The molecule has 4 aromatic carbocycles. The summed E-state index contributed by atoms with van der Waals surface area (Å²) in [6, 6.07) is 30.5. The Labute approximate surface area is 181 Å². The molecule has 0 heterocycles. The van der Waals surface area contributed by atoms with E-state index in [0.717, 1.165) is 17.5 Å². The Kier molecular flexibility index (Phi) is 5.91. The zero-order valence-corrected chi connectivity index (χ0v) is 17.1. The van der Waals surface area contributed by atoms with Crippen molar-refractivity contribution in [2.75, 3.05) is 0 Å². The van der Waals surface area contributed by atoms with Gasteiger partial charge >= 0.3 is 0 Å². The third-order valence-corrected chi connectivity index (χ3v) is 5.57. The van der Waals surface area contributed by atoms with Gasteiger partial charge in [0.15, 0.2) is 0 Å². The first-order valence-corrected chi connectivity index (χ1v) is 10.2. The van der Waals surface area contributed by atoms with Crippen LogP contribution >= 0.6 is 0 Å². The third kappa shape index (κ3) is 4.54. The SMILES string of the molecule is CC(Cc1ccc(-c2ccc(-c3cc(F)c(C#N)c(F)c3)cc2)cc1)c1ccccc1. The Bertz CT molecular complexity index is 1200. The van der Waals surface area contributed by atoms with Crippen molar-refractivity contribution in [3.8, 4) is 28.3 Å². The van der Waals surface area contributed by atoms with Crippen LogP contribution in [0.15, 0.2) is 91.0 Å². The van der Waals surface area contributed by atoms with Gasteiger partial charge < -0.3 is 0 Å². The number of rotatable bonds is 5. The van der Waals surface area contributed by atoms with Crippen LogP contribution < -0.4 is 0 Å². The number of hydrogen-bond donors (Lipinski definition) is 0. The van der Waals surface area contributed by atoms with Crippen molar-refractivity contribution in [2.24, 2.45) is 0 Å². The Morgan fingerprint density at radius 3 is 1.71 bits per heavy atom. The van der Waals surface area contributed by atoms with Crippen molar-refractivity contribution in [1.82, 2.24) is 0 Å². The van der Waals surface area contributed by atoms with Gasteiger partial charge in [-0.25, -0.2) is 8.78 Å². The zero-order valence-electron chi connectivity index (χ0n) is 17.1. The van der Waals surface area contributed by atoms with Crippen LogP contribution in [-0.4, -0.2) is 0 Å². The Morgan fingerprint density at radius 1 is 0.710 bits per heavy atom. The van der Waals surface area contributed by atoms with Crippen molar-refractivity contribution in [3.63, 3.8) is 0 Å². The zero-order chi connectivity index (χ0) is 21.8. The fourth-order valence-electron chi connectivity index (χ4n) is 3.79. The number of benzene rings is 4. The molecule has 1 nitrogen and oxygen atoms in total. The molecule has 0 saturated carbocycles. The van der Waals surface area contributed by atoms with Crippen molar-refractivity contribution in [3.05, 3.63) is 119 Å². The molecule has 152 valence electrons. The van der Waals surface area contributed by atoms with Crippen LogP contribution in [0.4, 0.5) is 8.78 Å². The first kappa shape index (κ1) is 20.5. The summed E-state index contributed by atoms with van der Waals surface area (Å²) in [7, 11) is 0. The van der Waals surface area contributed by atoms with Crippen molar-refractivity contribution < 1.29 is 8.78 Å². The van der Waals surface area contributed by atoms with Gasteiger partial charge in [-0.05, 0) is 57.9 Å². The van der Waals surface area contributed by atoms with Crippen LogP contribution in [0.2, 0.25) is 0 Å². The number of nitriles is 1. The molecule has 0 aliphatic carbocycles. The molecule has 0 aliphatic rings. The highest BCUT2D eigenvalue weighted by molar-refractivity contribution is 5.71. The fraction of sp³-hybridized carbons (Fsp3) is 0.107. The second-order valence-electron chi connectivity index (χ2n) is 7.72. The minimum atomic E-state index is -0.845. The van der Waals surface area contributed by atoms with Crippen LogP contribution in [0.3, 0.4) is 0 Å². The quantitative estimate of drug-likeness (QED) is 0.334. The molecule has 0 fully saturated rings. The normalized spacial score (nSPS) is 11.7. The van der Waals surface area contributed by atoms with Gasteiger partial charge in [0.2, 0.25) is 0 Å². The van der Waals surface area contributed by atoms with Gasteiger partial charge in [0.1, 0.15) is 23.3 Å². The second-order valence-corrected chi connectivity index (χ2v) is 7.72. The first-order valence-electron chi connectivity index (χ1n) is 10.2. The van der Waals surface area contributed by atoms with Crippen LogP contribution in [0.25, 0.3) is 22.3 Å². The molecular formula is C28H21F2N. The van der Waals surface area contributed by atoms with Crippen molar-refractivity contribution >= 4 is 0 Å². The lowest BCUT2D eigenvalue weighted by Gasteiger charge is -2.12. The third-order valence-electron chi connectivity index (χ3n) is 5.57. The lowest BCUT2D eigenvalue weighted by atomic mass is 9.92. The predicted octanol–water partition coefficient (Wildman–Crippen LogP) is 7.52. The largest absolute Gasteiger partial charge is 0.205 e. The molecule has 0 saturated heterocycles. The van der Waals surface area contributed by atoms with E-state index in [9.17, 15) is 8.78 Å². The van der Waals surface area contributed by atoms with E-state index in [1.54, 1.807) is 6.07 Å². The molecule has 31 heavy (non-hydrogen) atoms. The van der Waals surface area contributed by atoms with E-state index in [0.29, 0.717) is 17.0 Å². The average Bonchev–Trinajstić information content (AvgIpc) is 2.80. The van der Waals surface area contributed by atoms with Crippen LogP contribution in [0, 0.1) is 23.0 Å². The van der Waals surface area contributed by atoms with Gasteiger partial charge in [-0.1, -0.05) is 85.8 Å². The summed E-state index contributed by atoms with van der Waals surface area (Å²) in [6.45, 7) is 2.23. The topological polar surface area (TPSA) is 23.8 Å². The van der Waals surface area contributed by atoms with Gasteiger partial charge in [-0.3, -0.25) is 0 Å². The lowest BCUT2D eigenvalue weighted by Crippen LogP contribution is -1.98. The first-order chi connectivity index (χ1) is 15.0. The molecule has 1 atom stereocenters. The van der Waals surface area contributed by atoms with Crippen LogP contribution in [0.1, 0.15) is 29.5 Å². The molecule has 0 aromatic heterocycles. The van der Waals surface area contributed by atoms with Gasteiger partial charge in [0.25, 0.3) is 0 Å². The van der Waals surface area contributed by atoms with E-state index < -0.39 is 17.2 Å². The van der Waals surface area contributed by atoms with Gasteiger partial charge in [0.05, 0.1) is 0 Å².